The summed E-state index contributed by atoms with van der Waals surface area (Å²) in [7, 11) is 0. The molecule has 2 aromatic carbocycles. The van der Waals surface area contributed by atoms with Gasteiger partial charge in [-0.15, -0.1) is 0 Å². The zero-order valence-electron chi connectivity index (χ0n) is 16.0. The van der Waals surface area contributed by atoms with Gasteiger partial charge in [0.2, 0.25) is 0 Å². The van der Waals surface area contributed by atoms with Gasteiger partial charge in [0.1, 0.15) is 0 Å². The minimum absolute atomic E-state index is 0.185. The van der Waals surface area contributed by atoms with Crippen molar-refractivity contribution in [1.29, 1.82) is 0 Å². The zero-order valence-corrected chi connectivity index (χ0v) is 16.8. The first-order chi connectivity index (χ1) is 13.2. The van der Waals surface area contributed by atoms with Gasteiger partial charge in [-0.05, 0) is 43.5 Å². The van der Waals surface area contributed by atoms with Crippen LogP contribution in [0.5, 0.6) is 0 Å². The van der Waals surface area contributed by atoms with Crippen LogP contribution in [0.2, 0.25) is 0 Å². The van der Waals surface area contributed by atoms with Crippen LogP contribution in [0.15, 0.2) is 52.3 Å². The van der Waals surface area contributed by atoms with E-state index in [0.717, 1.165) is 32.6 Å². The van der Waals surface area contributed by atoms with Gasteiger partial charge in [0.15, 0.2) is 0 Å². The monoisotopic (exact) mass is 382 g/mol. The van der Waals surface area contributed by atoms with Gasteiger partial charge in [-0.1, -0.05) is 47.7 Å². The Morgan fingerprint density at radius 1 is 1.11 bits per heavy atom. The molecule has 1 unspecified atom stereocenters. The Hall–Kier alpha value is -1.98. The topological polar surface area (TPSA) is 32.8 Å². The third-order valence-electron chi connectivity index (χ3n) is 5.41. The highest BCUT2D eigenvalue weighted by atomic mass is 32.2. The van der Waals surface area contributed by atoms with E-state index in [-0.39, 0.29) is 6.09 Å². The first-order valence-corrected chi connectivity index (χ1v) is 10.5. The maximum atomic E-state index is 12.0. The lowest BCUT2D eigenvalue weighted by atomic mass is 9.96. The van der Waals surface area contributed by atoms with E-state index < -0.39 is 0 Å². The van der Waals surface area contributed by atoms with E-state index in [1.807, 2.05) is 23.6 Å². The summed E-state index contributed by atoms with van der Waals surface area (Å²) in [6.07, 6.45) is 0.829. The van der Waals surface area contributed by atoms with Crippen molar-refractivity contribution >= 4 is 17.9 Å². The summed E-state index contributed by atoms with van der Waals surface area (Å²) in [6.45, 7) is 7.66. The molecule has 1 fully saturated rings. The van der Waals surface area contributed by atoms with Crippen LogP contribution in [-0.2, 0) is 11.2 Å². The molecule has 27 heavy (non-hydrogen) atoms. The van der Waals surface area contributed by atoms with Crippen LogP contribution in [0.25, 0.3) is 0 Å². The SMILES string of the molecule is CCOC(=O)N1CCN(C2Cc3cc(C)ccc3Sc3ccccc32)CC1. The maximum Gasteiger partial charge on any atom is 0.409 e. The molecule has 2 heterocycles. The number of hydrogen-bond donors (Lipinski definition) is 0. The normalized spacial score (nSPS) is 19.8. The van der Waals surface area contributed by atoms with E-state index in [4.69, 9.17) is 4.74 Å². The van der Waals surface area contributed by atoms with Crippen LogP contribution in [-0.4, -0.2) is 48.7 Å². The number of amides is 1. The van der Waals surface area contributed by atoms with Gasteiger partial charge >= 0.3 is 6.09 Å². The highest BCUT2D eigenvalue weighted by Gasteiger charge is 2.31. The number of carbonyl (C=O) groups is 1. The average Bonchev–Trinajstić information content (AvgIpc) is 2.85. The lowest BCUT2D eigenvalue weighted by Crippen LogP contribution is -2.50. The molecule has 0 bridgehead atoms. The minimum Gasteiger partial charge on any atom is -0.450 e. The summed E-state index contributed by atoms with van der Waals surface area (Å²) in [5, 5.41) is 0. The van der Waals surface area contributed by atoms with Gasteiger partial charge in [-0.3, -0.25) is 4.90 Å². The van der Waals surface area contributed by atoms with E-state index in [1.54, 1.807) is 0 Å². The summed E-state index contributed by atoms with van der Waals surface area (Å²) in [6, 6.07) is 15.9. The van der Waals surface area contributed by atoms with Crippen LogP contribution in [0, 0.1) is 6.92 Å². The average molecular weight is 383 g/mol. The van der Waals surface area contributed by atoms with Gasteiger partial charge in [0.25, 0.3) is 0 Å². The highest BCUT2D eigenvalue weighted by Crippen LogP contribution is 2.43. The molecule has 2 aromatic rings. The first kappa shape index (κ1) is 18.4. The second-order valence-electron chi connectivity index (χ2n) is 7.19. The van der Waals surface area contributed by atoms with Gasteiger partial charge < -0.3 is 9.64 Å². The molecule has 0 radical (unpaired) electrons. The first-order valence-electron chi connectivity index (χ1n) is 9.67. The summed E-state index contributed by atoms with van der Waals surface area (Å²) in [4.78, 5) is 19.1. The molecule has 1 saturated heterocycles. The highest BCUT2D eigenvalue weighted by molar-refractivity contribution is 7.99. The van der Waals surface area contributed by atoms with Crippen molar-refractivity contribution in [1.82, 2.24) is 9.80 Å². The van der Waals surface area contributed by atoms with Crippen LogP contribution < -0.4 is 0 Å². The van der Waals surface area contributed by atoms with Crippen LogP contribution in [0.1, 0.15) is 29.7 Å². The quantitative estimate of drug-likeness (QED) is 0.765. The molecular formula is C22H26N2O2S. The van der Waals surface area contributed by atoms with Crippen LogP contribution >= 0.6 is 11.8 Å². The zero-order chi connectivity index (χ0) is 18.8. The second kappa shape index (κ2) is 7.95. The standard InChI is InChI=1S/C22H26N2O2S/c1-3-26-22(25)24-12-10-23(11-13-24)19-15-17-14-16(2)8-9-20(17)27-21-7-5-4-6-18(19)21/h4-9,14,19H,3,10-13,15H2,1-2H3. The van der Waals surface area contributed by atoms with Crippen molar-refractivity contribution in [2.24, 2.45) is 0 Å². The lowest BCUT2D eigenvalue weighted by Gasteiger charge is -2.39. The van der Waals surface area contributed by atoms with Crippen molar-refractivity contribution in [3.63, 3.8) is 0 Å². The Morgan fingerprint density at radius 3 is 2.67 bits per heavy atom. The number of carbonyl (C=O) groups excluding carboxylic acids is 1. The molecule has 0 spiro atoms. The molecule has 0 aromatic heterocycles. The maximum absolute atomic E-state index is 12.0. The number of piperazine rings is 1. The van der Waals surface area contributed by atoms with E-state index in [0.29, 0.717) is 12.6 Å². The van der Waals surface area contributed by atoms with Crippen molar-refractivity contribution in [2.75, 3.05) is 32.8 Å². The number of hydrogen-bond acceptors (Lipinski definition) is 4. The molecule has 1 atom stereocenters. The number of fused-ring (bicyclic) bond motifs is 2. The number of benzene rings is 2. The molecular weight excluding hydrogens is 356 g/mol. The molecule has 142 valence electrons. The summed E-state index contributed by atoms with van der Waals surface area (Å²) < 4.78 is 5.16. The van der Waals surface area contributed by atoms with Crippen molar-refractivity contribution in [3.05, 3.63) is 59.2 Å². The summed E-state index contributed by atoms with van der Waals surface area (Å²) in [5.41, 5.74) is 4.14. The minimum atomic E-state index is -0.185. The lowest BCUT2D eigenvalue weighted by molar-refractivity contribution is 0.0652. The molecule has 1 amide bonds. The van der Waals surface area contributed by atoms with E-state index in [2.05, 4.69) is 54.3 Å². The number of rotatable bonds is 2. The predicted octanol–water partition coefficient (Wildman–Crippen LogP) is 4.52. The number of aryl methyl sites for hydroxylation is 1. The largest absolute Gasteiger partial charge is 0.450 e. The molecule has 4 nitrogen and oxygen atoms in total. The molecule has 0 saturated carbocycles. The van der Waals surface area contributed by atoms with Crippen molar-refractivity contribution in [2.45, 2.75) is 36.1 Å². The Labute approximate surface area is 165 Å². The Morgan fingerprint density at radius 2 is 1.89 bits per heavy atom. The third-order valence-corrected chi connectivity index (χ3v) is 6.62. The van der Waals surface area contributed by atoms with Gasteiger partial charge in [0.05, 0.1) is 6.61 Å². The fourth-order valence-electron chi connectivity index (χ4n) is 4.01. The van der Waals surface area contributed by atoms with Gasteiger partial charge in [0, 0.05) is 42.0 Å². The van der Waals surface area contributed by atoms with Crippen LogP contribution in [0.3, 0.4) is 0 Å². The molecule has 2 aliphatic rings. The number of ether oxygens (including phenoxy) is 1. The van der Waals surface area contributed by atoms with Crippen molar-refractivity contribution < 1.29 is 9.53 Å². The van der Waals surface area contributed by atoms with Crippen molar-refractivity contribution in [3.8, 4) is 0 Å². The Bertz CT molecular complexity index is 831. The molecule has 5 heteroatoms. The summed E-state index contributed by atoms with van der Waals surface area (Å²) in [5.74, 6) is 0. The third kappa shape index (κ3) is 3.85. The molecule has 0 aliphatic carbocycles. The summed E-state index contributed by atoms with van der Waals surface area (Å²) >= 11 is 1.88. The van der Waals surface area contributed by atoms with Gasteiger partial charge in [-0.2, -0.15) is 0 Å². The van der Waals surface area contributed by atoms with Crippen LogP contribution in [0.4, 0.5) is 4.79 Å². The van der Waals surface area contributed by atoms with E-state index >= 15 is 0 Å². The number of nitrogens with zero attached hydrogens (tertiary/aromatic N) is 2. The Kier molecular flexibility index (Phi) is 5.41. The molecule has 4 rings (SSSR count). The predicted molar refractivity (Wildman–Crippen MR) is 108 cm³/mol. The van der Waals surface area contributed by atoms with Gasteiger partial charge in [-0.25, -0.2) is 4.79 Å². The van der Waals surface area contributed by atoms with E-state index in [9.17, 15) is 4.79 Å². The fourth-order valence-corrected chi connectivity index (χ4v) is 5.12. The molecule has 2 aliphatic heterocycles. The second-order valence-corrected chi connectivity index (χ2v) is 8.28. The van der Waals surface area contributed by atoms with E-state index in [1.165, 1.54) is 26.5 Å². The molecule has 0 N–H and O–H groups in total. The Balaban J connectivity index is 1.59. The fraction of sp³-hybridized carbons (Fsp3) is 0.409. The smallest absolute Gasteiger partial charge is 0.409 e.